The predicted octanol–water partition coefficient (Wildman–Crippen LogP) is 1.58. The van der Waals surface area contributed by atoms with Crippen molar-refractivity contribution in [2.75, 3.05) is 0 Å². The van der Waals surface area contributed by atoms with E-state index in [0.717, 1.165) is 18.7 Å². The van der Waals surface area contributed by atoms with E-state index in [4.69, 9.17) is 17.3 Å². The lowest BCUT2D eigenvalue weighted by atomic mass is 10.2. The zero-order valence-corrected chi connectivity index (χ0v) is 8.17. The van der Waals surface area contributed by atoms with E-state index in [1.54, 1.807) is 6.20 Å². The Labute approximate surface area is 77.5 Å². The maximum Gasteiger partial charge on any atom is 0.0814 e. The van der Waals surface area contributed by atoms with Gasteiger partial charge in [0.1, 0.15) is 0 Å². The molecule has 0 spiro atoms. The molecule has 0 aliphatic heterocycles. The standard InChI is InChI=1S/C8H14ClN3/c1-3-7(10)5-12-6(2)8(9)4-11-12/h4,7H,3,5,10H2,1-2H3. The molecule has 1 atom stereocenters. The van der Waals surface area contributed by atoms with Crippen LogP contribution >= 0.6 is 11.6 Å². The molecule has 1 aromatic rings. The van der Waals surface area contributed by atoms with Crippen LogP contribution in [-0.2, 0) is 6.54 Å². The van der Waals surface area contributed by atoms with E-state index in [1.165, 1.54) is 0 Å². The van der Waals surface area contributed by atoms with Gasteiger partial charge in [-0.05, 0) is 13.3 Å². The lowest BCUT2D eigenvalue weighted by Gasteiger charge is -2.09. The summed E-state index contributed by atoms with van der Waals surface area (Å²) in [6.07, 6.45) is 2.61. The third-order valence-electron chi connectivity index (χ3n) is 1.98. The molecule has 0 amide bonds. The summed E-state index contributed by atoms with van der Waals surface area (Å²) in [5.41, 5.74) is 6.77. The van der Waals surface area contributed by atoms with Crippen molar-refractivity contribution in [3.05, 3.63) is 16.9 Å². The third kappa shape index (κ3) is 1.99. The molecule has 0 aliphatic rings. The molecule has 0 aromatic carbocycles. The fraction of sp³-hybridized carbons (Fsp3) is 0.625. The van der Waals surface area contributed by atoms with E-state index in [2.05, 4.69) is 12.0 Å². The van der Waals surface area contributed by atoms with Gasteiger partial charge in [-0.25, -0.2) is 0 Å². The number of nitrogens with two attached hydrogens (primary N) is 1. The summed E-state index contributed by atoms with van der Waals surface area (Å²) in [6, 6.07) is 0.166. The third-order valence-corrected chi connectivity index (χ3v) is 2.35. The monoisotopic (exact) mass is 187 g/mol. The van der Waals surface area contributed by atoms with Gasteiger partial charge in [-0.3, -0.25) is 4.68 Å². The van der Waals surface area contributed by atoms with Crippen LogP contribution in [0, 0.1) is 6.92 Å². The lowest BCUT2D eigenvalue weighted by Crippen LogP contribution is -2.26. The largest absolute Gasteiger partial charge is 0.326 e. The second kappa shape index (κ2) is 3.92. The van der Waals surface area contributed by atoms with Gasteiger partial charge in [0.15, 0.2) is 0 Å². The summed E-state index contributed by atoms with van der Waals surface area (Å²) in [6.45, 7) is 4.75. The molecule has 1 rings (SSSR count). The number of hydrogen-bond donors (Lipinski definition) is 1. The summed E-state index contributed by atoms with van der Waals surface area (Å²) in [7, 11) is 0. The first-order valence-electron chi connectivity index (χ1n) is 4.08. The topological polar surface area (TPSA) is 43.8 Å². The minimum Gasteiger partial charge on any atom is -0.326 e. The van der Waals surface area contributed by atoms with Crippen LogP contribution in [0.25, 0.3) is 0 Å². The zero-order chi connectivity index (χ0) is 9.14. The van der Waals surface area contributed by atoms with Gasteiger partial charge in [-0.1, -0.05) is 18.5 Å². The van der Waals surface area contributed by atoms with E-state index in [1.807, 2.05) is 11.6 Å². The molecule has 1 unspecified atom stereocenters. The van der Waals surface area contributed by atoms with Crippen LogP contribution in [0.15, 0.2) is 6.20 Å². The number of aromatic nitrogens is 2. The second-order valence-corrected chi connectivity index (χ2v) is 3.34. The first-order chi connectivity index (χ1) is 5.65. The number of hydrogen-bond acceptors (Lipinski definition) is 2. The van der Waals surface area contributed by atoms with Gasteiger partial charge in [-0.15, -0.1) is 0 Å². The highest BCUT2D eigenvalue weighted by atomic mass is 35.5. The van der Waals surface area contributed by atoms with Crippen LogP contribution in [-0.4, -0.2) is 15.8 Å². The van der Waals surface area contributed by atoms with Gasteiger partial charge in [0, 0.05) is 6.04 Å². The summed E-state index contributed by atoms with van der Waals surface area (Å²) >= 11 is 5.83. The van der Waals surface area contributed by atoms with Crippen LogP contribution in [0.4, 0.5) is 0 Å². The average molecular weight is 188 g/mol. The van der Waals surface area contributed by atoms with E-state index >= 15 is 0 Å². The summed E-state index contributed by atoms with van der Waals surface area (Å²) < 4.78 is 1.84. The Hall–Kier alpha value is -0.540. The van der Waals surface area contributed by atoms with Crippen molar-refractivity contribution in [3.8, 4) is 0 Å². The molecule has 0 fully saturated rings. The Balaban J connectivity index is 2.69. The van der Waals surface area contributed by atoms with Crippen LogP contribution in [0.3, 0.4) is 0 Å². The Morgan fingerprint density at radius 1 is 1.75 bits per heavy atom. The minimum atomic E-state index is 0.166. The molecule has 0 saturated heterocycles. The molecule has 68 valence electrons. The fourth-order valence-electron chi connectivity index (χ4n) is 0.959. The molecule has 0 radical (unpaired) electrons. The van der Waals surface area contributed by atoms with Gasteiger partial charge < -0.3 is 5.73 Å². The SMILES string of the molecule is CCC(N)Cn1ncc(Cl)c1C. The summed E-state index contributed by atoms with van der Waals surface area (Å²) in [4.78, 5) is 0. The molecule has 2 N–H and O–H groups in total. The highest BCUT2D eigenvalue weighted by Gasteiger charge is 2.06. The quantitative estimate of drug-likeness (QED) is 0.781. The van der Waals surface area contributed by atoms with Crippen LogP contribution in [0.1, 0.15) is 19.0 Å². The average Bonchev–Trinajstić information content (AvgIpc) is 2.36. The maximum absolute atomic E-state index is 5.83. The van der Waals surface area contributed by atoms with Gasteiger partial charge in [0.05, 0.1) is 23.5 Å². The zero-order valence-electron chi connectivity index (χ0n) is 7.42. The van der Waals surface area contributed by atoms with Gasteiger partial charge in [-0.2, -0.15) is 5.10 Å². The summed E-state index contributed by atoms with van der Waals surface area (Å²) in [5, 5.41) is 4.81. The maximum atomic E-state index is 5.83. The van der Waals surface area contributed by atoms with Gasteiger partial charge in [0.25, 0.3) is 0 Å². The van der Waals surface area contributed by atoms with Gasteiger partial charge >= 0.3 is 0 Å². The Morgan fingerprint density at radius 3 is 2.83 bits per heavy atom. The van der Waals surface area contributed by atoms with Crippen molar-refractivity contribution in [1.82, 2.24) is 9.78 Å². The molecule has 0 aliphatic carbocycles. The fourth-order valence-corrected chi connectivity index (χ4v) is 1.10. The Kier molecular flexibility index (Phi) is 3.12. The van der Waals surface area contributed by atoms with Crippen molar-refractivity contribution < 1.29 is 0 Å². The Bertz CT molecular complexity index is 257. The molecule has 1 heterocycles. The predicted molar refractivity (Wildman–Crippen MR) is 50.2 cm³/mol. The van der Waals surface area contributed by atoms with Crippen molar-refractivity contribution in [2.24, 2.45) is 5.73 Å². The first-order valence-corrected chi connectivity index (χ1v) is 4.46. The normalized spacial score (nSPS) is 13.3. The van der Waals surface area contributed by atoms with Crippen LogP contribution < -0.4 is 5.73 Å². The molecule has 0 bridgehead atoms. The molecule has 0 saturated carbocycles. The molecule has 12 heavy (non-hydrogen) atoms. The Morgan fingerprint density at radius 2 is 2.42 bits per heavy atom. The number of halogens is 1. The summed E-state index contributed by atoms with van der Waals surface area (Å²) in [5.74, 6) is 0. The van der Waals surface area contributed by atoms with Crippen LogP contribution in [0.2, 0.25) is 5.02 Å². The second-order valence-electron chi connectivity index (χ2n) is 2.93. The van der Waals surface area contributed by atoms with Crippen molar-refractivity contribution in [1.29, 1.82) is 0 Å². The van der Waals surface area contributed by atoms with E-state index < -0.39 is 0 Å². The highest BCUT2D eigenvalue weighted by molar-refractivity contribution is 6.31. The molecule has 3 nitrogen and oxygen atoms in total. The van der Waals surface area contributed by atoms with E-state index in [0.29, 0.717) is 5.02 Å². The molecular weight excluding hydrogens is 174 g/mol. The first kappa shape index (κ1) is 9.55. The molecular formula is C8H14ClN3. The number of rotatable bonds is 3. The molecule has 4 heteroatoms. The minimum absolute atomic E-state index is 0.166. The van der Waals surface area contributed by atoms with Gasteiger partial charge in [0.2, 0.25) is 0 Å². The van der Waals surface area contributed by atoms with E-state index in [-0.39, 0.29) is 6.04 Å². The highest BCUT2D eigenvalue weighted by Crippen LogP contribution is 2.13. The number of nitrogens with zero attached hydrogens (tertiary/aromatic N) is 2. The van der Waals surface area contributed by atoms with E-state index in [9.17, 15) is 0 Å². The smallest absolute Gasteiger partial charge is 0.0814 e. The van der Waals surface area contributed by atoms with Crippen molar-refractivity contribution in [3.63, 3.8) is 0 Å². The lowest BCUT2D eigenvalue weighted by molar-refractivity contribution is 0.492. The molecule has 1 aromatic heterocycles. The van der Waals surface area contributed by atoms with Crippen molar-refractivity contribution in [2.45, 2.75) is 32.9 Å². The van der Waals surface area contributed by atoms with Crippen LogP contribution in [0.5, 0.6) is 0 Å². The van der Waals surface area contributed by atoms with Crippen molar-refractivity contribution >= 4 is 11.6 Å².